The molecule has 1 aromatic heterocycles. The van der Waals surface area contributed by atoms with E-state index in [0.29, 0.717) is 10.3 Å². The third kappa shape index (κ3) is 6.11. The zero-order valence-corrected chi connectivity index (χ0v) is 13.4. The molecule has 0 aliphatic rings. The average molecular weight is 303 g/mol. The first kappa shape index (κ1) is 16.0. The van der Waals surface area contributed by atoms with Crippen molar-refractivity contribution in [1.29, 1.82) is 0 Å². The molecular weight excluding hydrogens is 284 g/mol. The number of amides is 1. The molecule has 0 fully saturated rings. The molecule has 1 aromatic rings. The fraction of sp³-hybridized carbons (Fsp3) is 0.583. The lowest BCUT2D eigenvalue weighted by Crippen LogP contribution is -2.41. The first-order valence-electron chi connectivity index (χ1n) is 5.83. The highest BCUT2D eigenvalue weighted by atomic mass is 35.5. The van der Waals surface area contributed by atoms with Crippen molar-refractivity contribution in [2.24, 2.45) is 0 Å². The molecule has 19 heavy (non-hydrogen) atoms. The predicted molar refractivity (Wildman–Crippen MR) is 80.0 cm³/mol. The van der Waals surface area contributed by atoms with Gasteiger partial charge in [-0.05, 0) is 20.8 Å². The van der Waals surface area contributed by atoms with Crippen LogP contribution in [-0.2, 0) is 4.79 Å². The molecule has 0 bridgehead atoms. The molecule has 7 heteroatoms. The number of carbonyl (C=O) groups is 1. The van der Waals surface area contributed by atoms with E-state index in [9.17, 15) is 4.79 Å². The summed E-state index contributed by atoms with van der Waals surface area (Å²) in [4.78, 5) is 22.0. The molecule has 0 aliphatic heterocycles. The van der Waals surface area contributed by atoms with Crippen LogP contribution in [0.1, 0.15) is 20.8 Å². The topological polar surface area (TPSA) is 58.1 Å². The summed E-state index contributed by atoms with van der Waals surface area (Å²) in [6.45, 7) is 5.82. The van der Waals surface area contributed by atoms with Crippen molar-refractivity contribution in [3.8, 4) is 0 Å². The number of carbonyl (C=O) groups excluding carboxylic acids is 1. The second-order valence-corrected chi connectivity index (χ2v) is 6.64. The van der Waals surface area contributed by atoms with Crippen molar-refractivity contribution in [1.82, 2.24) is 15.3 Å². The van der Waals surface area contributed by atoms with Gasteiger partial charge in [0, 0.05) is 25.7 Å². The van der Waals surface area contributed by atoms with Crippen molar-refractivity contribution < 1.29 is 4.79 Å². The smallest absolute Gasteiger partial charge is 0.230 e. The molecule has 1 heterocycles. The van der Waals surface area contributed by atoms with Crippen LogP contribution in [-0.4, -0.2) is 41.3 Å². The van der Waals surface area contributed by atoms with Gasteiger partial charge in [-0.25, -0.2) is 9.97 Å². The fourth-order valence-corrected chi connectivity index (χ4v) is 2.14. The second-order valence-electron chi connectivity index (χ2n) is 5.31. The van der Waals surface area contributed by atoms with Gasteiger partial charge >= 0.3 is 0 Å². The molecule has 106 valence electrons. The quantitative estimate of drug-likeness (QED) is 0.525. The molecule has 1 rings (SSSR count). The molecule has 0 saturated carbocycles. The van der Waals surface area contributed by atoms with Crippen LogP contribution in [0.15, 0.2) is 11.2 Å². The van der Waals surface area contributed by atoms with Crippen LogP contribution in [0, 0.1) is 0 Å². The Morgan fingerprint density at radius 3 is 2.58 bits per heavy atom. The molecule has 0 saturated heterocycles. The van der Waals surface area contributed by atoms with Crippen molar-refractivity contribution in [3.63, 3.8) is 0 Å². The Balaban J connectivity index is 2.65. The molecular formula is C12H19ClN4OS. The highest BCUT2D eigenvalue weighted by Gasteiger charge is 2.14. The van der Waals surface area contributed by atoms with Crippen molar-refractivity contribution in [2.45, 2.75) is 31.5 Å². The summed E-state index contributed by atoms with van der Waals surface area (Å²) in [6.07, 6.45) is 0. The van der Waals surface area contributed by atoms with Crippen molar-refractivity contribution >= 4 is 35.1 Å². The van der Waals surface area contributed by atoms with Gasteiger partial charge in [-0.3, -0.25) is 4.79 Å². The predicted octanol–water partition coefficient (Wildman–Crippen LogP) is 2.20. The Morgan fingerprint density at radius 2 is 2.05 bits per heavy atom. The highest BCUT2D eigenvalue weighted by molar-refractivity contribution is 7.99. The lowest BCUT2D eigenvalue weighted by atomic mass is 10.1. The third-order valence-electron chi connectivity index (χ3n) is 1.97. The average Bonchev–Trinajstić information content (AvgIpc) is 2.23. The summed E-state index contributed by atoms with van der Waals surface area (Å²) in [7, 11) is 3.75. The molecule has 5 nitrogen and oxygen atoms in total. The van der Waals surface area contributed by atoms with E-state index in [1.807, 2.05) is 39.8 Å². The first-order chi connectivity index (χ1) is 8.67. The van der Waals surface area contributed by atoms with Crippen LogP contribution >= 0.6 is 23.4 Å². The molecule has 0 aromatic carbocycles. The van der Waals surface area contributed by atoms with Gasteiger partial charge < -0.3 is 10.2 Å². The number of nitrogens with zero attached hydrogens (tertiary/aromatic N) is 3. The normalized spacial score (nSPS) is 11.3. The zero-order chi connectivity index (χ0) is 14.6. The summed E-state index contributed by atoms with van der Waals surface area (Å²) in [6, 6.07) is 1.68. The molecule has 1 N–H and O–H groups in total. The molecule has 1 amide bonds. The fourth-order valence-electron chi connectivity index (χ4n) is 1.26. The van der Waals surface area contributed by atoms with Crippen LogP contribution < -0.4 is 10.2 Å². The lowest BCUT2D eigenvalue weighted by molar-refractivity contribution is -0.119. The largest absolute Gasteiger partial charge is 0.363 e. The summed E-state index contributed by atoms with van der Waals surface area (Å²) in [5, 5.41) is 3.76. The maximum Gasteiger partial charge on any atom is 0.230 e. The number of hydrogen-bond donors (Lipinski definition) is 1. The minimum Gasteiger partial charge on any atom is -0.363 e. The van der Waals surface area contributed by atoms with E-state index in [0.717, 1.165) is 5.82 Å². The van der Waals surface area contributed by atoms with Crippen LogP contribution in [0.3, 0.4) is 0 Å². The van der Waals surface area contributed by atoms with E-state index >= 15 is 0 Å². The van der Waals surface area contributed by atoms with Gasteiger partial charge in [0.15, 0.2) is 5.16 Å². The minimum atomic E-state index is -0.234. The van der Waals surface area contributed by atoms with Crippen LogP contribution in [0.5, 0.6) is 0 Å². The van der Waals surface area contributed by atoms with Gasteiger partial charge in [0.1, 0.15) is 11.0 Å². The van der Waals surface area contributed by atoms with Gasteiger partial charge in [-0.15, -0.1) is 0 Å². The van der Waals surface area contributed by atoms with E-state index < -0.39 is 0 Å². The number of thioether (sulfide) groups is 1. The Bertz CT molecular complexity index is 460. The maximum atomic E-state index is 11.7. The van der Waals surface area contributed by atoms with Crippen molar-refractivity contribution in [3.05, 3.63) is 11.2 Å². The summed E-state index contributed by atoms with van der Waals surface area (Å²) >= 11 is 7.19. The van der Waals surface area contributed by atoms with E-state index in [2.05, 4.69) is 15.3 Å². The number of rotatable bonds is 4. The number of aromatic nitrogens is 2. The monoisotopic (exact) mass is 302 g/mol. The molecule has 0 radical (unpaired) electrons. The summed E-state index contributed by atoms with van der Waals surface area (Å²) in [5.41, 5.74) is -0.234. The van der Waals surface area contributed by atoms with Crippen LogP contribution in [0.25, 0.3) is 0 Å². The van der Waals surface area contributed by atoms with Gasteiger partial charge in [-0.1, -0.05) is 23.4 Å². The van der Waals surface area contributed by atoms with E-state index in [1.54, 1.807) is 6.07 Å². The van der Waals surface area contributed by atoms with Crippen molar-refractivity contribution in [2.75, 3.05) is 24.7 Å². The molecule has 0 atom stereocenters. The Labute approximate surface area is 123 Å². The Hall–Kier alpha value is -1.01. The van der Waals surface area contributed by atoms with Gasteiger partial charge in [0.2, 0.25) is 5.91 Å². The van der Waals surface area contributed by atoms with E-state index in [4.69, 9.17) is 11.6 Å². The third-order valence-corrected chi connectivity index (χ3v) is 3.01. The van der Waals surface area contributed by atoms with E-state index in [1.165, 1.54) is 11.8 Å². The molecule has 0 spiro atoms. The summed E-state index contributed by atoms with van der Waals surface area (Å²) < 4.78 is 0. The second kappa shape index (κ2) is 6.43. The number of hydrogen-bond acceptors (Lipinski definition) is 5. The lowest BCUT2D eigenvalue weighted by Gasteiger charge is -2.20. The summed E-state index contributed by atoms with van der Waals surface area (Å²) in [5.74, 6) is 0.941. The molecule has 0 aliphatic carbocycles. The number of halogens is 1. The van der Waals surface area contributed by atoms with E-state index in [-0.39, 0.29) is 17.2 Å². The number of anilines is 1. The van der Waals surface area contributed by atoms with Crippen LogP contribution in [0.4, 0.5) is 5.82 Å². The maximum absolute atomic E-state index is 11.7. The Kier molecular flexibility index (Phi) is 5.43. The first-order valence-corrected chi connectivity index (χ1v) is 7.19. The standard InChI is InChI=1S/C12H19ClN4OS/c1-12(2,3)16-10(18)7-19-11-14-8(13)6-9(15-11)17(4)5/h6H,7H2,1-5H3,(H,16,18). The van der Waals surface area contributed by atoms with Gasteiger partial charge in [0.25, 0.3) is 0 Å². The molecule has 0 unspecified atom stereocenters. The number of nitrogens with one attached hydrogen (secondary N) is 1. The van der Waals surface area contributed by atoms with Gasteiger partial charge in [-0.2, -0.15) is 0 Å². The Morgan fingerprint density at radius 1 is 1.42 bits per heavy atom. The zero-order valence-electron chi connectivity index (χ0n) is 11.8. The van der Waals surface area contributed by atoms with Crippen LogP contribution in [0.2, 0.25) is 5.15 Å². The highest BCUT2D eigenvalue weighted by Crippen LogP contribution is 2.20. The van der Waals surface area contributed by atoms with Gasteiger partial charge in [0.05, 0.1) is 5.75 Å². The SMILES string of the molecule is CN(C)c1cc(Cl)nc(SCC(=O)NC(C)(C)C)n1. The minimum absolute atomic E-state index is 0.0486.